The number of amides is 1. The molecule has 0 saturated heterocycles. The molecule has 2 aromatic heterocycles. The van der Waals surface area contributed by atoms with E-state index >= 15 is 0 Å². The summed E-state index contributed by atoms with van der Waals surface area (Å²) in [6, 6.07) is 18.4. The van der Waals surface area contributed by atoms with Crippen molar-refractivity contribution in [2.75, 3.05) is 13.1 Å². The van der Waals surface area contributed by atoms with Gasteiger partial charge in [0.1, 0.15) is 5.76 Å². The number of hydrogen-bond acceptors (Lipinski definition) is 6. The third kappa shape index (κ3) is 5.38. The van der Waals surface area contributed by atoms with Crippen LogP contribution in [0.2, 0.25) is 0 Å². The second-order valence-corrected chi connectivity index (χ2v) is 10.7. The third-order valence-corrected chi connectivity index (χ3v) is 8.65. The Morgan fingerprint density at radius 3 is 2.47 bits per heavy atom. The standard InChI is InChI=1S/C25H27N3O4S2/c1-3-28(4-2)34(30,31)20-13-9-18(10-14-20)11-16-24(29)26-17-19-12-15-22(32-19)25-27-21-7-5-6-8-23(21)33-25/h5-10,12-15H,3-4,11,16-17H2,1-2H3,(H,26,29). The second-order valence-electron chi connectivity index (χ2n) is 7.76. The second kappa shape index (κ2) is 10.5. The van der Waals surface area contributed by atoms with Gasteiger partial charge in [0.15, 0.2) is 10.8 Å². The summed E-state index contributed by atoms with van der Waals surface area (Å²) in [7, 11) is -3.47. The molecule has 0 aliphatic heterocycles. The summed E-state index contributed by atoms with van der Waals surface area (Å²) in [5.41, 5.74) is 1.84. The molecule has 1 amide bonds. The van der Waals surface area contributed by atoms with Crippen molar-refractivity contribution in [1.29, 1.82) is 0 Å². The molecule has 4 aromatic rings. The number of furan rings is 1. The van der Waals surface area contributed by atoms with Gasteiger partial charge in [0.25, 0.3) is 0 Å². The number of carbonyl (C=O) groups excluding carboxylic acids is 1. The molecule has 34 heavy (non-hydrogen) atoms. The zero-order chi connectivity index (χ0) is 24.1. The number of thiazole rings is 1. The van der Waals surface area contributed by atoms with Gasteiger partial charge in [-0.15, -0.1) is 11.3 Å². The van der Waals surface area contributed by atoms with E-state index in [9.17, 15) is 13.2 Å². The predicted octanol–water partition coefficient (Wildman–Crippen LogP) is 4.84. The zero-order valence-electron chi connectivity index (χ0n) is 19.2. The van der Waals surface area contributed by atoms with Gasteiger partial charge in [0.2, 0.25) is 15.9 Å². The van der Waals surface area contributed by atoms with Crippen LogP contribution in [0.3, 0.4) is 0 Å². The molecule has 4 rings (SSSR count). The molecule has 9 heteroatoms. The van der Waals surface area contributed by atoms with Crippen molar-refractivity contribution in [3.8, 4) is 10.8 Å². The van der Waals surface area contributed by atoms with E-state index in [1.807, 2.05) is 50.2 Å². The van der Waals surface area contributed by atoms with Crippen LogP contribution in [-0.2, 0) is 27.8 Å². The van der Waals surface area contributed by atoms with Crippen molar-refractivity contribution in [2.45, 2.75) is 38.1 Å². The largest absolute Gasteiger partial charge is 0.457 e. The third-order valence-electron chi connectivity index (χ3n) is 5.53. The van der Waals surface area contributed by atoms with Crippen LogP contribution < -0.4 is 5.32 Å². The van der Waals surface area contributed by atoms with Crippen molar-refractivity contribution in [2.24, 2.45) is 0 Å². The first-order valence-electron chi connectivity index (χ1n) is 11.2. The first-order chi connectivity index (χ1) is 16.4. The minimum Gasteiger partial charge on any atom is -0.457 e. The Morgan fingerprint density at radius 1 is 1.03 bits per heavy atom. The first kappa shape index (κ1) is 24.1. The van der Waals surface area contributed by atoms with E-state index in [0.717, 1.165) is 20.8 Å². The normalized spacial score (nSPS) is 11.9. The number of para-hydroxylation sites is 1. The van der Waals surface area contributed by atoms with Gasteiger partial charge in [0.05, 0.1) is 21.7 Å². The lowest BCUT2D eigenvalue weighted by Gasteiger charge is -2.18. The van der Waals surface area contributed by atoms with Crippen LogP contribution in [0.25, 0.3) is 21.0 Å². The topological polar surface area (TPSA) is 92.5 Å². The van der Waals surface area contributed by atoms with Crippen LogP contribution in [-0.4, -0.2) is 36.7 Å². The van der Waals surface area contributed by atoms with E-state index in [-0.39, 0.29) is 10.8 Å². The Kier molecular flexibility index (Phi) is 7.45. The lowest BCUT2D eigenvalue weighted by atomic mass is 10.1. The van der Waals surface area contributed by atoms with Gasteiger partial charge in [-0.2, -0.15) is 4.31 Å². The molecule has 7 nitrogen and oxygen atoms in total. The average molecular weight is 498 g/mol. The zero-order valence-corrected chi connectivity index (χ0v) is 20.8. The van der Waals surface area contributed by atoms with Crippen LogP contribution in [0.1, 0.15) is 31.6 Å². The molecule has 2 heterocycles. The monoisotopic (exact) mass is 497 g/mol. The Labute approximate surface area is 203 Å². The quantitative estimate of drug-likeness (QED) is 0.339. The number of benzene rings is 2. The van der Waals surface area contributed by atoms with Gasteiger partial charge in [-0.3, -0.25) is 4.79 Å². The fourth-order valence-electron chi connectivity index (χ4n) is 3.64. The van der Waals surface area contributed by atoms with Gasteiger partial charge in [-0.1, -0.05) is 38.1 Å². The number of carbonyl (C=O) groups is 1. The molecular formula is C25H27N3O4S2. The maximum atomic E-state index is 12.6. The van der Waals surface area contributed by atoms with Gasteiger partial charge in [-0.05, 0) is 48.4 Å². The molecule has 0 spiro atoms. The number of nitrogens with zero attached hydrogens (tertiary/aromatic N) is 2. The van der Waals surface area contributed by atoms with Crippen molar-refractivity contribution < 1.29 is 17.6 Å². The van der Waals surface area contributed by atoms with Gasteiger partial charge < -0.3 is 9.73 Å². The van der Waals surface area contributed by atoms with Crippen LogP contribution >= 0.6 is 11.3 Å². The Hall–Kier alpha value is -3.01. The summed E-state index contributed by atoms with van der Waals surface area (Å²) < 4.78 is 33.5. The van der Waals surface area contributed by atoms with E-state index in [1.165, 1.54) is 4.31 Å². The molecule has 178 valence electrons. The molecule has 0 atom stereocenters. The number of fused-ring (bicyclic) bond motifs is 1. The summed E-state index contributed by atoms with van der Waals surface area (Å²) in [5, 5.41) is 3.68. The number of hydrogen-bond donors (Lipinski definition) is 1. The highest BCUT2D eigenvalue weighted by atomic mass is 32.2. The number of rotatable bonds is 10. The summed E-state index contributed by atoms with van der Waals surface area (Å²) >= 11 is 1.57. The molecule has 0 bridgehead atoms. The highest BCUT2D eigenvalue weighted by molar-refractivity contribution is 7.89. The maximum absolute atomic E-state index is 12.6. The van der Waals surface area contributed by atoms with Gasteiger partial charge in [-0.25, -0.2) is 13.4 Å². The average Bonchev–Trinajstić information content (AvgIpc) is 3.49. The summed E-state index contributed by atoms with van der Waals surface area (Å²) in [6.45, 7) is 4.79. The Balaban J connectivity index is 1.29. The van der Waals surface area contributed by atoms with Crippen molar-refractivity contribution in [3.05, 3.63) is 72.0 Å². The van der Waals surface area contributed by atoms with E-state index in [1.54, 1.807) is 35.6 Å². The molecule has 2 aromatic carbocycles. The van der Waals surface area contributed by atoms with Gasteiger partial charge in [0, 0.05) is 19.5 Å². The number of sulfonamides is 1. The minimum absolute atomic E-state index is 0.0993. The van der Waals surface area contributed by atoms with Crippen molar-refractivity contribution >= 4 is 37.5 Å². The van der Waals surface area contributed by atoms with Crippen LogP contribution in [0.15, 0.2) is 70.0 Å². The first-order valence-corrected chi connectivity index (χ1v) is 13.5. The van der Waals surface area contributed by atoms with E-state index in [0.29, 0.717) is 44.0 Å². The van der Waals surface area contributed by atoms with E-state index in [4.69, 9.17) is 4.42 Å². The molecule has 1 N–H and O–H groups in total. The molecule has 0 aliphatic carbocycles. The summed E-state index contributed by atoms with van der Waals surface area (Å²) in [6.07, 6.45) is 0.820. The Bertz CT molecular complexity index is 1340. The minimum atomic E-state index is -3.47. The number of nitrogens with one attached hydrogen (secondary N) is 1. The summed E-state index contributed by atoms with van der Waals surface area (Å²) in [5.74, 6) is 1.25. The maximum Gasteiger partial charge on any atom is 0.243 e. The van der Waals surface area contributed by atoms with Crippen molar-refractivity contribution in [1.82, 2.24) is 14.6 Å². The van der Waals surface area contributed by atoms with E-state index in [2.05, 4.69) is 10.3 Å². The number of aromatic nitrogens is 1. The molecule has 0 radical (unpaired) electrons. The summed E-state index contributed by atoms with van der Waals surface area (Å²) in [4.78, 5) is 17.2. The van der Waals surface area contributed by atoms with Crippen LogP contribution in [0, 0.1) is 0 Å². The fraction of sp³-hybridized carbons (Fsp3) is 0.280. The molecule has 0 saturated carbocycles. The van der Waals surface area contributed by atoms with Gasteiger partial charge >= 0.3 is 0 Å². The fourth-order valence-corrected chi connectivity index (χ4v) is 6.02. The molecule has 0 unspecified atom stereocenters. The highest BCUT2D eigenvalue weighted by Gasteiger charge is 2.21. The highest BCUT2D eigenvalue weighted by Crippen LogP contribution is 2.31. The lowest BCUT2D eigenvalue weighted by Crippen LogP contribution is -2.30. The SMILES string of the molecule is CCN(CC)S(=O)(=O)c1ccc(CCC(=O)NCc2ccc(-c3nc4ccccc4s3)o2)cc1. The predicted molar refractivity (Wildman–Crippen MR) is 134 cm³/mol. The Morgan fingerprint density at radius 2 is 1.76 bits per heavy atom. The molecule has 0 fully saturated rings. The van der Waals surface area contributed by atoms with Crippen molar-refractivity contribution in [3.63, 3.8) is 0 Å². The van der Waals surface area contributed by atoms with Crippen LogP contribution in [0.5, 0.6) is 0 Å². The lowest BCUT2D eigenvalue weighted by molar-refractivity contribution is -0.121. The number of aryl methyl sites for hydroxylation is 1. The molecule has 0 aliphatic rings. The molecular weight excluding hydrogens is 470 g/mol. The van der Waals surface area contributed by atoms with E-state index < -0.39 is 10.0 Å². The van der Waals surface area contributed by atoms with Crippen LogP contribution in [0.4, 0.5) is 0 Å². The smallest absolute Gasteiger partial charge is 0.243 e.